The lowest BCUT2D eigenvalue weighted by atomic mass is 9.89. The number of piperazine rings is 1. The van der Waals surface area contributed by atoms with Gasteiger partial charge in [-0.1, -0.05) is 30.3 Å². The van der Waals surface area contributed by atoms with Gasteiger partial charge in [0.2, 0.25) is 5.91 Å². The van der Waals surface area contributed by atoms with Crippen LogP contribution in [0.15, 0.2) is 60.7 Å². The van der Waals surface area contributed by atoms with Crippen LogP contribution < -0.4 is 15.0 Å². The molecule has 3 amide bonds. The van der Waals surface area contributed by atoms with Crippen molar-refractivity contribution < 1.29 is 27.9 Å². The molecule has 8 nitrogen and oxygen atoms in total. The van der Waals surface area contributed by atoms with Crippen LogP contribution in [0.4, 0.5) is 14.5 Å². The number of fused-ring (bicyclic) bond motifs is 1. The number of nitrogens with zero attached hydrogens (tertiary/aromatic N) is 3. The summed E-state index contributed by atoms with van der Waals surface area (Å²) in [5.41, 5.74) is 2.72. The first-order chi connectivity index (χ1) is 20.2. The van der Waals surface area contributed by atoms with E-state index in [2.05, 4.69) is 22.3 Å². The van der Waals surface area contributed by atoms with E-state index in [1.165, 1.54) is 17.0 Å². The number of imide groups is 1. The molecule has 42 heavy (non-hydrogen) atoms. The Balaban J connectivity index is 1.04. The number of rotatable bonds is 7. The Kier molecular flexibility index (Phi) is 7.40. The van der Waals surface area contributed by atoms with Gasteiger partial charge >= 0.3 is 0 Å². The van der Waals surface area contributed by atoms with Crippen LogP contribution in [0.2, 0.25) is 0 Å². The van der Waals surface area contributed by atoms with Crippen molar-refractivity contribution >= 4 is 23.4 Å². The fourth-order valence-electron chi connectivity index (χ4n) is 5.93. The lowest BCUT2D eigenvalue weighted by Gasteiger charge is -2.39. The number of carbonyl (C=O) groups is 3. The van der Waals surface area contributed by atoms with E-state index < -0.39 is 23.1 Å². The van der Waals surface area contributed by atoms with Gasteiger partial charge in [0.05, 0.1) is 12.2 Å². The lowest BCUT2D eigenvalue weighted by Crippen LogP contribution is -2.61. The predicted octanol–water partition coefficient (Wildman–Crippen LogP) is 4.02. The van der Waals surface area contributed by atoms with Gasteiger partial charge in [0, 0.05) is 56.3 Å². The Morgan fingerprint density at radius 2 is 1.67 bits per heavy atom. The van der Waals surface area contributed by atoms with Crippen molar-refractivity contribution in [3.63, 3.8) is 0 Å². The number of anilines is 1. The fourth-order valence-corrected chi connectivity index (χ4v) is 5.93. The number of benzene rings is 3. The van der Waals surface area contributed by atoms with Crippen molar-refractivity contribution in [2.75, 3.05) is 31.1 Å². The van der Waals surface area contributed by atoms with Gasteiger partial charge in [-0.05, 0) is 48.7 Å². The lowest BCUT2D eigenvalue weighted by molar-refractivity contribution is -0.142. The average Bonchev–Trinajstić information content (AvgIpc) is 3.33. The highest BCUT2D eigenvalue weighted by Gasteiger charge is 2.49. The second-order valence-electron chi connectivity index (χ2n) is 11.3. The van der Waals surface area contributed by atoms with Crippen LogP contribution >= 0.6 is 0 Å². The number of carbonyl (C=O) groups excluding carboxylic acids is 3. The van der Waals surface area contributed by atoms with Crippen molar-refractivity contribution in [3.05, 3.63) is 94.6 Å². The monoisotopic (exact) mass is 574 g/mol. The zero-order chi connectivity index (χ0) is 29.4. The maximum atomic E-state index is 14.2. The molecule has 1 atom stereocenters. The molecule has 0 saturated carbocycles. The molecule has 3 heterocycles. The van der Waals surface area contributed by atoms with Gasteiger partial charge in [0.1, 0.15) is 29.5 Å². The Labute approximate surface area is 242 Å². The standard InChI is InChI=1S/C32H32F2N4O4/c1-32(12-11-29(39)35-31(32)41)38-19-25-24(30(38)40)3-2-4-28(25)42-20-22-7-5-21(6-8-22)18-36-13-15-37(16-14-36)27-10-9-23(33)17-26(27)34/h2-10,17H,11-16,18-20H2,1H3,(H,35,39,41)/t32-/m0/s1. The normalized spacial score (nSPS) is 21.0. The van der Waals surface area contributed by atoms with Gasteiger partial charge in [0.15, 0.2) is 0 Å². The number of amides is 3. The van der Waals surface area contributed by atoms with Crippen LogP contribution in [0.3, 0.4) is 0 Å². The molecule has 0 radical (unpaired) electrons. The smallest absolute Gasteiger partial charge is 0.255 e. The molecule has 1 N–H and O–H groups in total. The summed E-state index contributed by atoms with van der Waals surface area (Å²) in [4.78, 5) is 43.4. The van der Waals surface area contributed by atoms with Crippen LogP contribution in [0, 0.1) is 11.6 Å². The Morgan fingerprint density at radius 3 is 2.38 bits per heavy atom. The van der Waals surface area contributed by atoms with Crippen molar-refractivity contribution in [1.82, 2.24) is 15.1 Å². The Hall–Kier alpha value is -4.31. The minimum Gasteiger partial charge on any atom is -0.489 e. The fraction of sp³-hybridized carbons (Fsp3) is 0.344. The van der Waals surface area contributed by atoms with E-state index in [0.717, 1.165) is 42.4 Å². The topological polar surface area (TPSA) is 82.2 Å². The molecule has 10 heteroatoms. The van der Waals surface area contributed by atoms with Gasteiger partial charge in [-0.2, -0.15) is 0 Å². The molecule has 3 aromatic carbocycles. The van der Waals surface area contributed by atoms with Crippen molar-refractivity contribution in [2.45, 2.75) is 45.0 Å². The minimum absolute atomic E-state index is 0.188. The number of nitrogens with one attached hydrogen (secondary N) is 1. The Morgan fingerprint density at radius 1 is 0.929 bits per heavy atom. The van der Waals surface area contributed by atoms with E-state index >= 15 is 0 Å². The summed E-state index contributed by atoms with van der Waals surface area (Å²) in [6.07, 6.45) is 0.469. The SMILES string of the molecule is C[C@]1(N2Cc3c(OCc4ccc(CN5CCN(c6ccc(F)cc6F)CC5)cc4)cccc3C2=O)CCC(=O)NC1=O. The first-order valence-corrected chi connectivity index (χ1v) is 14.1. The second-order valence-corrected chi connectivity index (χ2v) is 11.3. The van der Waals surface area contributed by atoms with E-state index in [1.807, 2.05) is 23.1 Å². The highest BCUT2D eigenvalue weighted by Crippen LogP contribution is 2.38. The van der Waals surface area contributed by atoms with Gasteiger partial charge < -0.3 is 14.5 Å². The third-order valence-corrected chi connectivity index (χ3v) is 8.55. The van der Waals surface area contributed by atoms with Crippen LogP contribution in [0.5, 0.6) is 5.75 Å². The van der Waals surface area contributed by atoms with Crippen LogP contribution in [-0.4, -0.2) is 59.2 Å². The minimum atomic E-state index is -1.10. The Bertz CT molecular complexity index is 1540. The molecule has 0 unspecified atom stereocenters. The summed E-state index contributed by atoms with van der Waals surface area (Å²) in [6.45, 7) is 5.90. The summed E-state index contributed by atoms with van der Waals surface area (Å²) in [5.74, 6) is -1.52. The van der Waals surface area contributed by atoms with Crippen molar-refractivity contribution in [3.8, 4) is 5.75 Å². The summed E-state index contributed by atoms with van der Waals surface area (Å²) >= 11 is 0. The van der Waals surface area contributed by atoms with E-state index in [1.54, 1.807) is 19.1 Å². The molecule has 2 fully saturated rings. The first kappa shape index (κ1) is 27.8. The molecular weight excluding hydrogens is 542 g/mol. The highest BCUT2D eigenvalue weighted by atomic mass is 19.1. The molecule has 218 valence electrons. The van der Waals surface area contributed by atoms with Gasteiger partial charge in [0.25, 0.3) is 11.8 Å². The second kappa shape index (κ2) is 11.2. The molecule has 0 bridgehead atoms. The molecule has 3 aliphatic rings. The van der Waals surface area contributed by atoms with Gasteiger partial charge in [-0.25, -0.2) is 8.78 Å². The molecule has 6 rings (SSSR count). The molecular formula is C32H32F2N4O4. The highest BCUT2D eigenvalue weighted by molar-refractivity contribution is 6.07. The number of hydrogen-bond donors (Lipinski definition) is 1. The quantitative estimate of drug-likeness (QED) is 0.430. The molecule has 0 spiro atoms. The van der Waals surface area contributed by atoms with E-state index in [-0.39, 0.29) is 31.2 Å². The van der Waals surface area contributed by atoms with Crippen LogP contribution in [-0.2, 0) is 29.3 Å². The number of halogens is 2. The maximum absolute atomic E-state index is 14.2. The van der Waals surface area contributed by atoms with Gasteiger partial charge in [-0.15, -0.1) is 0 Å². The van der Waals surface area contributed by atoms with E-state index in [4.69, 9.17) is 4.74 Å². The molecule has 3 aromatic rings. The third-order valence-electron chi connectivity index (χ3n) is 8.55. The van der Waals surface area contributed by atoms with E-state index in [9.17, 15) is 23.2 Å². The van der Waals surface area contributed by atoms with Crippen LogP contribution in [0.25, 0.3) is 0 Å². The first-order valence-electron chi connectivity index (χ1n) is 14.1. The molecule has 2 saturated heterocycles. The largest absolute Gasteiger partial charge is 0.489 e. The zero-order valence-corrected chi connectivity index (χ0v) is 23.4. The summed E-state index contributed by atoms with van der Waals surface area (Å²) < 4.78 is 33.6. The zero-order valence-electron chi connectivity index (χ0n) is 23.4. The predicted molar refractivity (Wildman–Crippen MR) is 152 cm³/mol. The summed E-state index contributed by atoms with van der Waals surface area (Å²) in [5, 5.41) is 2.36. The maximum Gasteiger partial charge on any atom is 0.255 e. The molecule has 3 aliphatic heterocycles. The van der Waals surface area contributed by atoms with E-state index in [0.29, 0.717) is 36.7 Å². The molecule has 0 aromatic heterocycles. The third kappa shape index (κ3) is 5.34. The number of ether oxygens (including phenoxy) is 1. The van der Waals surface area contributed by atoms with Crippen molar-refractivity contribution in [1.29, 1.82) is 0 Å². The summed E-state index contributed by atoms with van der Waals surface area (Å²) in [7, 11) is 0. The summed E-state index contributed by atoms with van der Waals surface area (Å²) in [6, 6.07) is 17.2. The van der Waals surface area contributed by atoms with Gasteiger partial charge in [-0.3, -0.25) is 24.6 Å². The number of hydrogen-bond acceptors (Lipinski definition) is 6. The number of piperidine rings is 1. The van der Waals surface area contributed by atoms with Crippen molar-refractivity contribution in [2.24, 2.45) is 0 Å². The molecule has 0 aliphatic carbocycles. The average molecular weight is 575 g/mol. The van der Waals surface area contributed by atoms with Crippen LogP contribution in [0.1, 0.15) is 46.8 Å².